The van der Waals surface area contributed by atoms with E-state index in [9.17, 15) is 4.79 Å². The Balaban J connectivity index is 2.26. The highest BCUT2D eigenvalue weighted by Gasteiger charge is 2.19. The number of benzene rings is 2. The molecule has 0 bridgehead atoms. The van der Waals surface area contributed by atoms with E-state index in [0.29, 0.717) is 22.1 Å². The van der Waals surface area contributed by atoms with Crippen LogP contribution < -0.4 is 0 Å². The van der Waals surface area contributed by atoms with E-state index in [1.165, 1.54) is 0 Å². The molecule has 25 heavy (non-hydrogen) atoms. The van der Waals surface area contributed by atoms with Gasteiger partial charge in [0.1, 0.15) is 5.69 Å². The standard InChI is InChI=1S/C19H17ClN4O/c1-23(2)13-21-19-17(12-25)18(14-7-4-3-5-8-14)22-24(19)16-10-6-9-15(20)11-16/h3-13H,1-2H3/b21-13-. The Bertz CT molecular complexity index is 916. The number of carbonyl (C=O) groups is 1. The third-order valence-corrected chi connectivity index (χ3v) is 3.76. The minimum absolute atomic E-state index is 0.435. The second-order valence-corrected chi connectivity index (χ2v) is 6.11. The molecule has 0 fully saturated rings. The Hall–Kier alpha value is -2.92. The van der Waals surface area contributed by atoms with Crippen LogP contribution in [0.4, 0.5) is 5.82 Å². The fourth-order valence-corrected chi connectivity index (χ4v) is 2.61. The van der Waals surface area contributed by atoms with Crippen molar-refractivity contribution in [2.75, 3.05) is 14.1 Å². The molecule has 0 saturated heterocycles. The molecule has 1 heterocycles. The number of carbonyl (C=O) groups excluding carboxylic acids is 1. The van der Waals surface area contributed by atoms with Crippen LogP contribution in [-0.2, 0) is 0 Å². The molecule has 0 aliphatic rings. The molecule has 0 unspecified atom stereocenters. The van der Waals surface area contributed by atoms with Crippen molar-refractivity contribution in [2.45, 2.75) is 0 Å². The quantitative estimate of drug-likeness (QED) is 0.392. The van der Waals surface area contributed by atoms with E-state index in [1.54, 1.807) is 28.1 Å². The lowest BCUT2D eigenvalue weighted by Gasteiger charge is -2.06. The van der Waals surface area contributed by atoms with Crippen LogP contribution in [0.3, 0.4) is 0 Å². The van der Waals surface area contributed by atoms with Crippen molar-refractivity contribution in [1.29, 1.82) is 0 Å². The zero-order valence-electron chi connectivity index (χ0n) is 13.9. The normalized spacial score (nSPS) is 11.0. The van der Waals surface area contributed by atoms with Crippen LogP contribution in [0, 0.1) is 0 Å². The molecule has 0 saturated carbocycles. The average Bonchev–Trinajstić information content (AvgIpc) is 2.99. The first-order valence-corrected chi connectivity index (χ1v) is 8.08. The van der Waals surface area contributed by atoms with Crippen LogP contribution >= 0.6 is 11.6 Å². The lowest BCUT2D eigenvalue weighted by Crippen LogP contribution is -2.07. The fraction of sp³-hybridized carbons (Fsp3) is 0.105. The van der Waals surface area contributed by atoms with Crippen molar-refractivity contribution in [3.8, 4) is 16.9 Å². The Labute approximate surface area is 151 Å². The van der Waals surface area contributed by atoms with Crippen LogP contribution in [0.5, 0.6) is 0 Å². The Morgan fingerprint density at radius 3 is 2.52 bits per heavy atom. The van der Waals surface area contributed by atoms with E-state index in [-0.39, 0.29) is 0 Å². The Morgan fingerprint density at radius 2 is 1.88 bits per heavy atom. The van der Waals surface area contributed by atoms with Gasteiger partial charge in [0.15, 0.2) is 12.1 Å². The van der Waals surface area contributed by atoms with E-state index in [4.69, 9.17) is 11.6 Å². The number of nitrogens with zero attached hydrogens (tertiary/aromatic N) is 4. The third-order valence-electron chi connectivity index (χ3n) is 3.53. The summed E-state index contributed by atoms with van der Waals surface area (Å²) in [6.07, 6.45) is 2.43. The molecule has 0 N–H and O–H groups in total. The van der Waals surface area contributed by atoms with Crippen LogP contribution in [0.15, 0.2) is 59.6 Å². The minimum Gasteiger partial charge on any atom is -0.369 e. The van der Waals surface area contributed by atoms with E-state index < -0.39 is 0 Å². The molecule has 0 aliphatic heterocycles. The van der Waals surface area contributed by atoms with Gasteiger partial charge in [-0.3, -0.25) is 4.79 Å². The summed E-state index contributed by atoms with van der Waals surface area (Å²) >= 11 is 6.11. The summed E-state index contributed by atoms with van der Waals surface area (Å²) in [7, 11) is 3.73. The number of aliphatic imine (C=N–C) groups is 1. The van der Waals surface area contributed by atoms with Crippen LogP contribution in [-0.4, -0.2) is 41.4 Å². The van der Waals surface area contributed by atoms with Crippen LogP contribution in [0.1, 0.15) is 10.4 Å². The first-order chi connectivity index (χ1) is 12.1. The Kier molecular flexibility index (Phi) is 4.95. The van der Waals surface area contributed by atoms with Crippen molar-refractivity contribution in [3.05, 3.63) is 65.2 Å². The summed E-state index contributed by atoms with van der Waals surface area (Å²) in [5, 5.41) is 5.22. The molecule has 1 aromatic heterocycles. The maximum atomic E-state index is 11.8. The monoisotopic (exact) mass is 352 g/mol. The van der Waals surface area contributed by atoms with Gasteiger partial charge in [-0.25, -0.2) is 9.67 Å². The van der Waals surface area contributed by atoms with Crippen molar-refractivity contribution >= 4 is 30.0 Å². The lowest BCUT2D eigenvalue weighted by molar-refractivity contribution is 0.112. The summed E-state index contributed by atoms with van der Waals surface area (Å²) < 4.78 is 1.64. The van der Waals surface area contributed by atoms with E-state index in [2.05, 4.69) is 10.1 Å². The molecular weight excluding hydrogens is 336 g/mol. The first-order valence-electron chi connectivity index (χ1n) is 7.70. The number of hydrogen-bond acceptors (Lipinski definition) is 3. The largest absolute Gasteiger partial charge is 0.369 e. The molecule has 5 nitrogen and oxygen atoms in total. The van der Waals surface area contributed by atoms with Gasteiger partial charge in [-0.15, -0.1) is 0 Å². The molecular formula is C19H17ClN4O. The minimum atomic E-state index is 0.435. The Morgan fingerprint density at radius 1 is 1.12 bits per heavy atom. The average molecular weight is 353 g/mol. The van der Waals surface area contributed by atoms with E-state index in [0.717, 1.165) is 17.5 Å². The summed E-state index contributed by atoms with van der Waals surface area (Å²) in [6, 6.07) is 16.8. The van der Waals surface area contributed by atoms with Gasteiger partial charge < -0.3 is 4.90 Å². The molecule has 0 atom stereocenters. The summed E-state index contributed by atoms with van der Waals surface area (Å²) in [5.41, 5.74) is 2.61. The SMILES string of the molecule is CN(C)/C=N\c1c(C=O)c(-c2ccccc2)nn1-c1cccc(Cl)c1. The van der Waals surface area contributed by atoms with E-state index in [1.807, 2.05) is 56.6 Å². The van der Waals surface area contributed by atoms with Crippen molar-refractivity contribution in [2.24, 2.45) is 4.99 Å². The second-order valence-electron chi connectivity index (χ2n) is 5.67. The molecule has 0 aliphatic carbocycles. The predicted molar refractivity (Wildman–Crippen MR) is 101 cm³/mol. The smallest absolute Gasteiger partial charge is 0.168 e. The van der Waals surface area contributed by atoms with Gasteiger partial charge in [0.2, 0.25) is 0 Å². The zero-order chi connectivity index (χ0) is 17.8. The maximum absolute atomic E-state index is 11.8. The predicted octanol–water partition coefficient (Wildman–Crippen LogP) is 4.23. The van der Waals surface area contributed by atoms with Gasteiger partial charge in [-0.05, 0) is 18.2 Å². The highest BCUT2D eigenvalue weighted by atomic mass is 35.5. The van der Waals surface area contributed by atoms with Gasteiger partial charge in [-0.1, -0.05) is 48.0 Å². The lowest BCUT2D eigenvalue weighted by atomic mass is 10.1. The molecule has 2 aromatic carbocycles. The van der Waals surface area contributed by atoms with E-state index >= 15 is 0 Å². The highest BCUT2D eigenvalue weighted by molar-refractivity contribution is 6.30. The third kappa shape index (κ3) is 3.61. The topological polar surface area (TPSA) is 50.5 Å². The molecule has 3 rings (SSSR count). The molecule has 6 heteroatoms. The number of rotatable bonds is 5. The second kappa shape index (κ2) is 7.32. The molecule has 0 spiro atoms. The van der Waals surface area contributed by atoms with Gasteiger partial charge in [0, 0.05) is 24.7 Å². The number of hydrogen-bond donors (Lipinski definition) is 0. The number of aldehydes is 1. The number of aromatic nitrogens is 2. The molecule has 126 valence electrons. The summed E-state index contributed by atoms with van der Waals surface area (Å²) in [5.74, 6) is 0.463. The van der Waals surface area contributed by atoms with Crippen LogP contribution in [0.25, 0.3) is 16.9 Å². The molecule has 0 radical (unpaired) electrons. The van der Waals surface area contributed by atoms with Gasteiger partial charge in [0.25, 0.3) is 0 Å². The summed E-state index contributed by atoms with van der Waals surface area (Å²) in [4.78, 5) is 18.1. The number of halogens is 1. The van der Waals surface area contributed by atoms with Crippen LogP contribution in [0.2, 0.25) is 5.02 Å². The molecule has 3 aromatic rings. The van der Waals surface area contributed by atoms with Crippen molar-refractivity contribution < 1.29 is 4.79 Å². The zero-order valence-corrected chi connectivity index (χ0v) is 14.7. The van der Waals surface area contributed by atoms with Gasteiger partial charge in [0.05, 0.1) is 17.6 Å². The van der Waals surface area contributed by atoms with Gasteiger partial charge in [-0.2, -0.15) is 5.10 Å². The highest BCUT2D eigenvalue weighted by Crippen LogP contribution is 2.32. The molecule has 0 amide bonds. The van der Waals surface area contributed by atoms with Gasteiger partial charge >= 0.3 is 0 Å². The van der Waals surface area contributed by atoms with Crippen molar-refractivity contribution in [3.63, 3.8) is 0 Å². The first kappa shape index (κ1) is 16.9. The fourth-order valence-electron chi connectivity index (χ4n) is 2.42. The summed E-state index contributed by atoms with van der Waals surface area (Å²) in [6.45, 7) is 0. The van der Waals surface area contributed by atoms with Crippen molar-refractivity contribution in [1.82, 2.24) is 14.7 Å². The maximum Gasteiger partial charge on any atom is 0.168 e.